The number of benzene rings is 1. The Balaban J connectivity index is 2.10. The molecule has 0 aliphatic carbocycles. The molecule has 0 aliphatic rings. The van der Waals surface area contributed by atoms with E-state index < -0.39 is 5.60 Å². The molecule has 1 unspecified atom stereocenters. The summed E-state index contributed by atoms with van der Waals surface area (Å²) in [6, 6.07) is 7.36. The van der Waals surface area contributed by atoms with Crippen LogP contribution in [0, 0.1) is 0 Å². The number of aromatic nitrogens is 2. The summed E-state index contributed by atoms with van der Waals surface area (Å²) in [7, 11) is 1.95. The van der Waals surface area contributed by atoms with Gasteiger partial charge in [0.25, 0.3) is 0 Å². The van der Waals surface area contributed by atoms with Gasteiger partial charge in [-0.3, -0.25) is 0 Å². The Kier molecular flexibility index (Phi) is 3.73. The van der Waals surface area contributed by atoms with E-state index in [-0.39, 0.29) is 0 Å². The average molecular weight is 265 g/mol. The molecule has 0 saturated carbocycles. The van der Waals surface area contributed by atoms with E-state index in [9.17, 15) is 5.11 Å². The van der Waals surface area contributed by atoms with Gasteiger partial charge in [0.05, 0.1) is 5.60 Å². The minimum atomic E-state index is -0.892. The molecule has 0 spiro atoms. The van der Waals surface area contributed by atoms with Crippen molar-refractivity contribution < 1.29 is 5.11 Å². The normalized spacial score (nSPS) is 14.4. The third kappa shape index (κ3) is 2.92. The summed E-state index contributed by atoms with van der Waals surface area (Å²) in [5.41, 5.74) is -0.0548. The van der Waals surface area contributed by atoms with Crippen molar-refractivity contribution in [3.05, 3.63) is 53.1 Å². The molecule has 18 heavy (non-hydrogen) atoms. The van der Waals surface area contributed by atoms with Crippen LogP contribution in [0.5, 0.6) is 0 Å². The Hall–Kier alpha value is -1.32. The van der Waals surface area contributed by atoms with Gasteiger partial charge < -0.3 is 9.67 Å². The highest BCUT2D eigenvalue weighted by Gasteiger charge is 2.23. The second-order valence-electron chi connectivity index (χ2n) is 4.74. The number of nitrogens with zero attached hydrogens (tertiary/aromatic N) is 2. The van der Waals surface area contributed by atoms with Gasteiger partial charge in [-0.2, -0.15) is 0 Å². The first-order chi connectivity index (χ1) is 8.49. The van der Waals surface area contributed by atoms with Crippen molar-refractivity contribution in [3.63, 3.8) is 0 Å². The smallest absolute Gasteiger partial charge is 0.108 e. The number of rotatable bonds is 4. The second kappa shape index (κ2) is 5.12. The standard InChI is InChI=1S/C14H17ClN2O/c1-14(18,11-4-3-5-12(15)10-11)7-6-13-16-8-9-17(13)2/h3-5,8-10,18H,6-7H2,1-2H3. The van der Waals surface area contributed by atoms with Gasteiger partial charge in [0, 0.05) is 30.9 Å². The molecule has 1 atom stereocenters. The van der Waals surface area contributed by atoms with Crippen molar-refractivity contribution >= 4 is 11.6 Å². The Morgan fingerprint density at radius 1 is 1.44 bits per heavy atom. The number of halogens is 1. The van der Waals surface area contributed by atoms with Crippen LogP contribution in [-0.2, 0) is 19.1 Å². The number of imidazole rings is 1. The van der Waals surface area contributed by atoms with E-state index >= 15 is 0 Å². The lowest BCUT2D eigenvalue weighted by atomic mass is 9.91. The summed E-state index contributed by atoms with van der Waals surface area (Å²) < 4.78 is 1.97. The van der Waals surface area contributed by atoms with Crippen LogP contribution in [0.3, 0.4) is 0 Å². The molecule has 0 radical (unpaired) electrons. The summed E-state index contributed by atoms with van der Waals surface area (Å²) in [4.78, 5) is 4.26. The quantitative estimate of drug-likeness (QED) is 0.922. The van der Waals surface area contributed by atoms with Crippen molar-refractivity contribution in [1.82, 2.24) is 9.55 Å². The monoisotopic (exact) mass is 264 g/mol. The highest BCUT2D eigenvalue weighted by Crippen LogP contribution is 2.27. The highest BCUT2D eigenvalue weighted by atomic mass is 35.5. The van der Waals surface area contributed by atoms with Crippen LogP contribution < -0.4 is 0 Å². The van der Waals surface area contributed by atoms with Gasteiger partial charge in [0.2, 0.25) is 0 Å². The Labute approximate surface area is 112 Å². The molecule has 96 valence electrons. The molecule has 0 saturated heterocycles. The highest BCUT2D eigenvalue weighted by molar-refractivity contribution is 6.30. The fourth-order valence-corrected chi connectivity index (χ4v) is 2.15. The molecule has 0 amide bonds. The van der Waals surface area contributed by atoms with Crippen molar-refractivity contribution in [2.24, 2.45) is 7.05 Å². The van der Waals surface area contributed by atoms with E-state index in [0.717, 1.165) is 17.8 Å². The first-order valence-electron chi connectivity index (χ1n) is 5.94. The van der Waals surface area contributed by atoms with Crippen molar-refractivity contribution in [3.8, 4) is 0 Å². The molecule has 1 aromatic carbocycles. The molecule has 2 rings (SSSR count). The van der Waals surface area contributed by atoms with Gasteiger partial charge in [0.15, 0.2) is 0 Å². The topological polar surface area (TPSA) is 38.0 Å². The number of aliphatic hydroxyl groups is 1. The lowest BCUT2D eigenvalue weighted by molar-refractivity contribution is 0.0473. The summed E-state index contributed by atoms with van der Waals surface area (Å²) in [5, 5.41) is 11.1. The van der Waals surface area contributed by atoms with Crippen molar-refractivity contribution in [1.29, 1.82) is 0 Å². The third-order valence-corrected chi connectivity index (χ3v) is 3.44. The Morgan fingerprint density at radius 2 is 2.22 bits per heavy atom. The molecule has 1 aromatic heterocycles. The van der Waals surface area contributed by atoms with Crippen LogP contribution in [0.2, 0.25) is 5.02 Å². The maximum Gasteiger partial charge on any atom is 0.108 e. The van der Waals surface area contributed by atoms with Gasteiger partial charge in [-0.1, -0.05) is 23.7 Å². The minimum absolute atomic E-state index is 0.609. The van der Waals surface area contributed by atoms with E-state index in [0.29, 0.717) is 11.4 Å². The van der Waals surface area contributed by atoms with E-state index in [2.05, 4.69) is 4.98 Å². The third-order valence-electron chi connectivity index (χ3n) is 3.20. The molecule has 1 heterocycles. The molecule has 3 nitrogen and oxygen atoms in total. The van der Waals surface area contributed by atoms with Crippen LogP contribution in [0.15, 0.2) is 36.7 Å². The maximum absolute atomic E-state index is 10.5. The minimum Gasteiger partial charge on any atom is -0.385 e. The van der Waals surface area contributed by atoms with Crippen molar-refractivity contribution in [2.45, 2.75) is 25.4 Å². The predicted octanol–water partition coefficient (Wildman–Crippen LogP) is 2.91. The first-order valence-corrected chi connectivity index (χ1v) is 6.31. The summed E-state index contributed by atoms with van der Waals surface area (Å²) in [6.45, 7) is 1.81. The summed E-state index contributed by atoms with van der Waals surface area (Å²) in [6.07, 6.45) is 5.01. The SMILES string of the molecule is Cn1ccnc1CCC(C)(O)c1cccc(Cl)c1. The molecular weight excluding hydrogens is 248 g/mol. The number of hydrogen-bond donors (Lipinski definition) is 1. The molecule has 2 aromatic rings. The van der Waals surface area contributed by atoms with Crippen LogP contribution in [-0.4, -0.2) is 14.7 Å². The van der Waals surface area contributed by atoms with Gasteiger partial charge in [-0.15, -0.1) is 0 Å². The molecule has 1 N–H and O–H groups in total. The van der Waals surface area contributed by atoms with Gasteiger partial charge in [-0.05, 0) is 31.0 Å². The van der Waals surface area contributed by atoms with E-state index in [4.69, 9.17) is 11.6 Å². The van der Waals surface area contributed by atoms with Gasteiger partial charge in [0.1, 0.15) is 5.82 Å². The van der Waals surface area contributed by atoms with Crippen molar-refractivity contribution in [2.75, 3.05) is 0 Å². The molecule has 0 fully saturated rings. The zero-order valence-corrected chi connectivity index (χ0v) is 11.4. The average Bonchev–Trinajstić information content (AvgIpc) is 2.72. The van der Waals surface area contributed by atoms with Crippen LogP contribution in [0.1, 0.15) is 24.7 Å². The largest absolute Gasteiger partial charge is 0.385 e. The Bertz CT molecular complexity index is 534. The maximum atomic E-state index is 10.5. The van der Waals surface area contributed by atoms with Crippen LogP contribution >= 0.6 is 11.6 Å². The fourth-order valence-electron chi connectivity index (χ4n) is 1.96. The fraction of sp³-hybridized carbons (Fsp3) is 0.357. The number of aryl methyl sites for hydroxylation is 2. The van der Waals surface area contributed by atoms with Gasteiger partial charge >= 0.3 is 0 Å². The lowest BCUT2D eigenvalue weighted by Crippen LogP contribution is -2.22. The Morgan fingerprint density at radius 3 is 2.83 bits per heavy atom. The summed E-state index contributed by atoms with van der Waals surface area (Å²) in [5.74, 6) is 0.970. The zero-order chi connectivity index (χ0) is 13.2. The molecular formula is C14H17ClN2O. The van der Waals surface area contributed by atoms with E-state index in [1.165, 1.54) is 0 Å². The van der Waals surface area contributed by atoms with Crippen LogP contribution in [0.4, 0.5) is 0 Å². The zero-order valence-electron chi connectivity index (χ0n) is 10.6. The van der Waals surface area contributed by atoms with E-state index in [1.54, 1.807) is 18.3 Å². The van der Waals surface area contributed by atoms with Gasteiger partial charge in [-0.25, -0.2) is 4.98 Å². The molecule has 0 bridgehead atoms. The molecule has 4 heteroatoms. The lowest BCUT2D eigenvalue weighted by Gasteiger charge is -2.24. The second-order valence-corrected chi connectivity index (χ2v) is 5.18. The molecule has 0 aliphatic heterocycles. The number of hydrogen-bond acceptors (Lipinski definition) is 2. The van der Waals surface area contributed by atoms with Crippen LogP contribution in [0.25, 0.3) is 0 Å². The summed E-state index contributed by atoms with van der Waals surface area (Å²) >= 11 is 5.95. The first kappa shape index (κ1) is 13.1. The van der Waals surface area contributed by atoms with E-state index in [1.807, 2.05) is 36.9 Å². The predicted molar refractivity (Wildman–Crippen MR) is 72.6 cm³/mol.